The third kappa shape index (κ3) is 5.12. The second-order valence-electron chi connectivity index (χ2n) is 3.30. The molecule has 0 saturated carbocycles. The largest absolute Gasteiger partial charge is 0.394 e. The number of aliphatic hydroxyl groups is 1. The maximum atomic E-state index is 11.6. The maximum Gasteiger partial charge on any atom is 0.254 e. The van der Waals surface area contributed by atoms with Gasteiger partial charge in [0.2, 0.25) is 0 Å². The van der Waals surface area contributed by atoms with Crippen LogP contribution in [0.15, 0.2) is 18.5 Å². The number of pyridine rings is 1. The Hall–Kier alpha value is -1.17. The highest BCUT2D eigenvalue weighted by atomic mass is 35.5. The zero-order chi connectivity index (χ0) is 12.5. The minimum atomic E-state index is -0.245. The van der Waals surface area contributed by atoms with E-state index in [4.69, 9.17) is 21.4 Å². The van der Waals surface area contributed by atoms with Gasteiger partial charge in [0, 0.05) is 25.5 Å². The van der Waals surface area contributed by atoms with E-state index in [2.05, 4.69) is 10.3 Å². The van der Waals surface area contributed by atoms with Crippen molar-refractivity contribution in [2.75, 3.05) is 26.4 Å². The van der Waals surface area contributed by atoms with Crippen LogP contribution in [0.5, 0.6) is 0 Å². The molecule has 0 aromatic carbocycles. The molecule has 2 N–H and O–H groups in total. The van der Waals surface area contributed by atoms with E-state index >= 15 is 0 Å². The van der Waals surface area contributed by atoms with Gasteiger partial charge >= 0.3 is 0 Å². The summed E-state index contributed by atoms with van der Waals surface area (Å²) in [4.78, 5) is 15.5. The Kier molecular flexibility index (Phi) is 6.54. The predicted molar refractivity (Wildman–Crippen MR) is 64.1 cm³/mol. The first kappa shape index (κ1) is 13.9. The van der Waals surface area contributed by atoms with Crippen molar-refractivity contribution in [3.8, 4) is 0 Å². The standard InChI is InChI=1S/C11H15ClN2O3/c12-10-2-4-13-8-9(10)11(16)14-3-1-6-17-7-5-15/h2,4,8,15H,1,3,5-7H2,(H,14,16). The Labute approximate surface area is 105 Å². The lowest BCUT2D eigenvalue weighted by Gasteiger charge is -2.06. The molecule has 0 aliphatic heterocycles. The average Bonchev–Trinajstić information content (AvgIpc) is 2.34. The highest BCUT2D eigenvalue weighted by Gasteiger charge is 2.08. The van der Waals surface area contributed by atoms with Crippen molar-refractivity contribution < 1.29 is 14.6 Å². The van der Waals surface area contributed by atoms with Crippen LogP contribution >= 0.6 is 11.6 Å². The van der Waals surface area contributed by atoms with Gasteiger partial charge in [-0.25, -0.2) is 0 Å². The number of carbonyl (C=O) groups excluding carboxylic acids is 1. The van der Waals surface area contributed by atoms with Crippen molar-refractivity contribution >= 4 is 17.5 Å². The van der Waals surface area contributed by atoms with Gasteiger partial charge < -0.3 is 15.2 Å². The van der Waals surface area contributed by atoms with E-state index < -0.39 is 0 Å². The van der Waals surface area contributed by atoms with Gasteiger partial charge in [0.1, 0.15) is 0 Å². The number of rotatable bonds is 7. The van der Waals surface area contributed by atoms with Crippen LogP contribution in [0.1, 0.15) is 16.8 Å². The Morgan fingerprint density at radius 2 is 2.35 bits per heavy atom. The molecule has 0 spiro atoms. The molecule has 6 heteroatoms. The van der Waals surface area contributed by atoms with Crippen LogP contribution in [0.2, 0.25) is 5.02 Å². The molecule has 0 fully saturated rings. The first-order chi connectivity index (χ1) is 8.25. The van der Waals surface area contributed by atoms with Gasteiger partial charge in [0.05, 0.1) is 23.8 Å². The van der Waals surface area contributed by atoms with Gasteiger partial charge in [-0.05, 0) is 12.5 Å². The van der Waals surface area contributed by atoms with E-state index in [1.807, 2.05) is 0 Å². The van der Waals surface area contributed by atoms with E-state index in [-0.39, 0.29) is 12.5 Å². The van der Waals surface area contributed by atoms with E-state index in [1.54, 1.807) is 6.07 Å². The molecule has 1 aromatic rings. The fourth-order valence-corrected chi connectivity index (χ4v) is 1.37. The Morgan fingerprint density at radius 1 is 1.53 bits per heavy atom. The summed E-state index contributed by atoms with van der Waals surface area (Å²) in [6.07, 6.45) is 3.64. The fraction of sp³-hybridized carbons (Fsp3) is 0.455. The third-order valence-corrected chi connectivity index (χ3v) is 2.33. The quantitative estimate of drug-likeness (QED) is 0.712. The number of hydrogen-bond donors (Lipinski definition) is 2. The van der Waals surface area contributed by atoms with E-state index in [9.17, 15) is 4.79 Å². The summed E-state index contributed by atoms with van der Waals surface area (Å²) in [5, 5.41) is 11.6. The number of nitrogens with zero attached hydrogens (tertiary/aromatic N) is 1. The Morgan fingerprint density at radius 3 is 3.06 bits per heavy atom. The normalized spacial score (nSPS) is 10.2. The second-order valence-corrected chi connectivity index (χ2v) is 3.71. The predicted octanol–water partition coefficient (Wildman–Crippen LogP) is 0.864. The van der Waals surface area contributed by atoms with Crippen molar-refractivity contribution in [2.24, 2.45) is 0 Å². The molecule has 0 atom stereocenters. The number of aliphatic hydroxyl groups excluding tert-OH is 1. The summed E-state index contributed by atoms with van der Waals surface area (Å²) in [7, 11) is 0. The molecule has 0 aliphatic rings. The molecule has 0 radical (unpaired) electrons. The molecule has 1 heterocycles. The van der Waals surface area contributed by atoms with E-state index in [0.29, 0.717) is 36.8 Å². The molecule has 1 rings (SSSR count). The van der Waals surface area contributed by atoms with Crippen molar-refractivity contribution in [3.05, 3.63) is 29.0 Å². The first-order valence-corrected chi connectivity index (χ1v) is 5.70. The molecule has 1 amide bonds. The molecule has 5 nitrogen and oxygen atoms in total. The summed E-state index contributed by atoms with van der Waals surface area (Å²) < 4.78 is 5.05. The SMILES string of the molecule is O=C(NCCCOCCO)c1cnccc1Cl. The van der Waals surface area contributed by atoms with Gasteiger partial charge in [0.25, 0.3) is 5.91 Å². The molecule has 17 heavy (non-hydrogen) atoms. The molecule has 94 valence electrons. The minimum absolute atomic E-state index is 0.0116. The zero-order valence-corrected chi connectivity index (χ0v) is 10.1. The summed E-state index contributed by atoms with van der Waals surface area (Å²) in [6, 6.07) is 1.57. The van der Waals surface area contributed by atoms with Gasteiger partial charge in [-0.3, -0.25) is 9.78 Å². The molecule has 0 unspecified atom stereocenters. The van der Waals surface area contributed by atoms with Crippen LogP contribution < -0.4 is 5.32 Å². The third-order valence-electron chi connectivity index (χ3n) is 2.00. The summed E-state index contributed by atoms with van der Waals surface area (Å²) in [6.45, 7) is 1.33. The molecule has 0 saturated heterocycles. The number of ether oxygens (including phenoxy) is 1. The average molecular weight is 259 g/mol. The van der Waals surface area contributed by atoms with Gasteiger partial charge in [-0.15, -0.1) is 0 Å². The molecule has 0 bridgehead atoms. The van der Waals surface area contributed by atoms with E-state index in [1.165, 1.54) is 12.4 Å². The zero-order valence-electron chi connectivity index (χ0n) is 9.36. The molecular formula is C11H15ClN2O3. The van der Waals surface area contributed by atoms with Crippen LogP contribution in [0.3, 0.4) is 0 Å². The van der Waals surface area contributed by atoms with Gasteiger partial charge in [-0.2, -0.15) is 0 Å². The van der Waals surface area contributed by atoms with Crippen molar-refractivity contribution in [1.29, 1.82) is 0 Å². The summed E-state index contributed by atoms with van der Waals surface area (Å²) >= 11 is 5.85. The molecule has 0 aliphatic carbocycles. The monoisotopic (exact) mass is 258 g/mol. The van der Waals surface area contributed by atoms with Crippen LogP contribution in [0.4, 0.5) is 0 Å². The van der Waals surface area contributed by atoms with Crippen molar-refractivity contribution in [2.45, 2.75) is 6.42 Å². The summed E-state index contributed by atoms with van der Waals surface area (Å²) in [5.41, 5.74) is 0.366. The lowest BCUT2D eigenvalue weighted by atomic mass is 10.2. The smallest absolute Gasteiger partial charge is 0.254 e. The number of hydrogen-bond acceptors (Lipinski definition) is 4. The Bertz CT molecular complexity index is 360. The maximum absolute atomic E-state index is 11.6. The highest BCUT2D eigenvalue weighted by molar-refractivity contribution is 6.33. The first-order valence-electron chi connectivity index (χ1n) is 5.32. The number of aromatic nitrogens is 1. The van der Waals surface area contributed by atoms with Crippen LogP contribution in [0.25, 0.3) is 0 Å². The lowest BCUT2D eigenvalue weighted by molar-refractivity contribution is 0.0867. The lowest BCUT2D eigenvalue weighted by Crippen LogP contribution is -2.25. The highest BCUT2D eigenvalue weighted by Crippen LogP contribution is 2.12. The van der Waals surface area contributed by atoms with Crippen LogP contribution in [-0.2, 0) is 4.74 Å². The van der Waals surface area contributed by atoms with E-state index in [0.717, 1.165) is 0 Å². The number of carbonyl (C=O) groups is 1. The minimum Gasteiger partial charge on any atom is -0.394 e. The fourth-order valence-electron chi connectivity index (χ4n) is 1.18. The number of halogens is 1. The van der Waals surface area contributed by atoms with Crippen molar-refractivity contribution in [1.82, 2.24) is 10.3 Å². The molecule has 1 aromatic heterocycles. The Balaban J connectivity index is 2.24. The number of nitrogens with one attached hydrogen (secondary N) is 1. The van der Waals surface area contributed by atoms with Gasteiger partial charge in [-0.1, -0.05) is 11.6 Å². The second kappa shape index (κ2) is 8.00. The number of amides is 1. The van der Waals surface area contributed by atoms with Gasteiger partial charge in [0.15, 0.2) is 0 Å². The van der Waals surface area contributed by atoms with Crippen LogP contribution in [-0.4, -0.2) is 42.4 Å². The molecular weight excluding hydrogens is 244 g/mol. The van der Waals surface area contributed by atoms with Crippen molar-refractivity contribution in [3.63, 3.8) is 0 Å². The topological polar surface area (TPSA) is 71.5 Å². The van der Waals surface area contributed by atoms with Crippen LogP contribution in [0, 0.1) is 0 Å². The summed E-state index contributed by atoms with van der Waals surface area (Å²) in [5.74, 6) is -0.245.